The van der Waals surface area contributed by atoms with Crippen molar-refractivity contribution in [2.75, 3.05) is 0 Å². The molecule has 1 heterocycles. The molecule has 7 atom stereocenters. The Hall–Kier alpha value is -0.860. The third-order valence-corrected chi connectivity index (χ3v) is 6.95. The first-order valence-corrected chi connectivity index (χ1v) is 8.32. The summed E-state index contributed by atoms with van der Waals surface area (Å²) in [5.41, 5.74) is -0.418. The van der Waals surface area contributed by atoms with Crippen molar-refractivity contribution in [3.63, 3.8) is 0 Å². The van der Waals surface area contributed by atoms with Crippen LogP contribution in [0.2, 0.25) is 0 Å². The van der Waals surface area contributed by atoms with Gasteiger partial charge in [0, 0.05) is 0 Å². The number of rotatable bonds is 2. The molecule has 0 N–H and O–H groups in total. The molecule has 22 heavy (non-hydrogen) atoms. The Balaban J connectivity index is 0.000000882. The Morgan fingerprint density at radius 1 is 1.18 bits per heavy atom. The molecule has 0 amide bonds. The molecule has 3 heteroatoms. The topological polar surface area (TPSA) is 43.4 Å². The number of fused-ring (bicyclic) bond motifs is 6. The Morgan fingerprint density at radius 3 is 2.50 bits per heavy atom. The molecule has 3 nitrogen and oxygen atoms in total. The zero-order valence-corrected chi connectivity index (χ0v) is 12.4. The molecule has 4 rings (SSSR count). The highest BCUT2D eigenvalue weighted by Crippen LogP contribution is 2.70. The standard InChI is InChI=1S/C17H24O3.2CH4/c1-3-4-10-5-9(2)14-11-6-12(15(10)14)17(7-11)8-13(18)20-16(17)19;;/h9-12,14-15H,3-8H2,1-2H3;2*1H4. The first-order valence-electron chi connectivity index (χ1n) is 8.32. The summed E-state index contributed by atoms with van der Waals surface area (Å²) in [6, 6.07) is 0. The maximum absolute atomic E-state index is 12.3. The lowest BCUT2D eigenvalue weighted by molar-refractivity contribution is -0.157. The first-order chi connectivity index (χ1) is 9.56. The van der Waals surface area contributed by atoms with Crippen LogP contribution in [0.25, 0.3) is 0 Å². The van der Waals surface area contributed by atoms with Crippen LogP contribution in [0.3, 0.4) is 0 Å². The van der Waals surface area contributed by atoms with Crippen molar-refractivity contribution in [2.45, 2.75) is 67.2 Å². The highest BCUT2D eigenvalue weighted by atomic mass is 16.6. The van der Waals surface area contributed by atoms with E-state index < -0.39 is 5.41 Å². The van der Waals surface area contributed by atoms with Crippen LogP contribution in [0, 0.1) is 40.9 Å². The van der Waals surface area contributed by atoms with E-state index >= 15 is 0 Å². The molecule has 0 radical (unpaired) electrons. The van der Waals surface area contributed by atoms with Gasteiger partial charge in [-0.2, -0.15) is 0 Å². The van der Waals surface area contributed by atoms with Crippen molar-refractivity contribution in [3.8, 4) is 0 Å². The largest absolute Gasteiger partial charge is 0.393 e. The van der Waals surface area contributed by atoms with E-state index in [2.05, 4.69) is 13.8 Å². The molecule has 7 unspecified atom stereocenters. The molecule has 0 aromatic heterocycles. The second kappa shape index (κ2) is 5.65. The van der Waals surface area contributed by atoms with Crippen LogP contribution < -0.4 is 0 Å². The van der Waals surface area contributed by atoms with Crippen LogP contribution in [0.1, 0.15) is 67.2 Å². The molecule has 1 saturated heterocycles. The molecule has 126 valence electrons. The molecular formula is C19H32O3. The van der Waals surface area contributed by atoms with Gasteiger partial charge in [0.15, 0.2) is 0 Å². The summed E-state index contributed by atoms with van der Waals surface area (Å²) in [4.78, 5) is 23.9. The lowest BCUT2D eigenvalue weighted by atomic mass is 9.62. The Kier molecular flexibility index (Phi) is 4.49. The first kappa shape index (κ1) is 17.5. The minimum atomic E-state index is -0.418. The fraction of sp³-hybridized carbons (Fsp3) is 0.895. The lowest BCUT2D eigenvalue weighted by Gasteiger charge is -2.39. The van der Waals surface area contributed by atoms with Gasteiger partial charge in [-0.3, -0.25) is 9.59 Å². The van der Waals surface area contributed by atoms with E-state index in [1.165, 1.54) is 25.7 Å². The highest BCUT2D eigenvalue weighted by Gasteiger charge is 2.69. The number of hydrogen-bond acceptors (Lipinski definition) is 3. The van der Waals surface area contributed by atoms with Crippen LogP contribution in [0.4, 0.5) is 0 Å². The quantitative estimate of drug-likeness (QED) is 0.559. The van der Waals surface area contributed by atoms with Crippen molar-refractivity contribution < 1.29 is 14.3 Å². The van der Waals surface area contributed by atoms with Gasteiger partial charge in [0.25, 0.3) is 0 Å². The van der Waals surface area contributed by atoms with Crippen LogP contribution >= 0.6 is 0 Å². The van der Waals surface area contributed by atoms with Gasteiger partial charge in [-0.15, -0.1) is 0 Å². The fourth-order valence-electron chi connectivity index (χ4n) is 6.62. The summed E-state index contributed by atoms with van der Waals surface area (Å²) in [5.74, 6) is 3.69. The fourth-order valence-corrected chi connectivity index (χ4v) is 6.62. The van der Waals surface area contributed by atoms with Gasteiger partial charge in [0.2, 0.25) is 0 Å². The van der Waals surface area contributed by atoms with Crippen molar-refractivity contribution in [1.82, 2.24) is 0 Å². The molecule has 4 fully saturated rings. The maximum Gasteiger partial charge on any atom is 0.320 e. The van der Waals surface area contributed by atoms with Crippen molar-refractivity contribution in [3.05, 3.63) is 0 Å². The number of hydrogen-bond donors (Lipinski definition) is 0. The van der Waals surface area contributed by atoms with E-state index in [1.54, 1.807) is 0 Å². The van der Waals surface area contributed by atoms with Crippen molar-refractivity contribution >= 4 is 11.9 Å². The third-order valence-electron chi connectivity index (χ3n) is 6.95. The van der Waals surface area contributed by atoms with Crippen LogP contribution in [-0.2, 0) is 14.3 Å². The summed E-state index contributed by atoms with van der Waals surface area (Å²) >= 11 is 0. The second-order valence-electron chi connectivity index (χ2n) is 7.82. The molecule has 2 bridgehead atoms. The van der Waals surface area contributed by atoms with Gasteiger partial charge in [0.05, 0.1) is 11.8 Å². The van der Waals surface area contributed by atoms with E-state index in [0.717, 1.165) is 24.2 Å². The summed E-state index contributed by atoms with van der Waals surface area (Å²) in [6.45, 7) is 4.66. The maximum atomic E-state index is 12.3. The smallest absolute Gasteiger partial charge is 0.320 e. The van der Waals surface area contributed by atoms with E-state index in [1.807, 2.05) is 0 Å². The lowest BCUT2D eigenvalue weighted by Crippen LogP contribution is -2.41. The normalized spacial score (nSPS) is 48.1. The van der Waals surface area contributed by atoms with Gasteiger partial charge in [-0.25, -0.2) is 0 Å². The monoisotopic (exact) mass is 308 g/mol. The molecule has 4 aliphatic rings. The van der Waals surface area contributed by atoms with Gasteiger partial charge < -0.3 is 4.74 Å². The van der Waals surface area contributed by atoms with Gasteiger partial charge in [0.1, 0.15) is 0 Å². The summed E-state index contributed by atoms with van der Waals surface area (Å²) in [7, 11) is 0. The molecule has 1 aliphatic heterocycles. The molecule has 1 spiro atoms. The zero-order chi connectivity index (χ0) is 14.1. The number of carbonyl (C=O) groups excluding carboxylic acids is 2. The predicted octanol–water partition coefficient (Wildman–Crippen LogP) is 4.45. The summed E-state index contributed by atoms with van der Waals surface area (Å²) < 4.78 is 4.94. The summed E-state index contributed by atoms with van der Waals surface area (Å²) in [6.07, 6.45) is 6.30. The van der Waals surface area contributed by atoms with Gasteiger partial charge in [-0.1, -0.05) is 41.5 Å². The van der Waals surface area contributed by atoms with Gasteiger partial charge >= 0.3 is 11.9 Å². The molecule has 0 aromatic carbocycles. The molecular weight excluding hydrogens is 276 g/mol. The number of esters is 2. The average Bonchev–Trinajstić information content (AvgIpc) is 3.06. The number of ether oxygens (including phenoxy) is 1. The van der Waals surface area contributed by atoms with Gasteiger partial charge in [-0.05, 0) is 54.8 Å². The predicted molar refractivity (Wildman–Crippen MR) is 87.0 cm³/mol. The Labute approximate surface area is 135 Å². The zero-order valence-electron chi connectivity index (χ0n) is 12.4. The Morgan fingerprint density at radius 2 is 1.91 bits per heavy atom. The van der Waals surface area contributed by atoms with Crippen LogP contribution in [0.15, 0.2) is 0 Å². The average molecular weight is 308 g/mol. The minimum absolute atomic E-state index is 0. The molecule has 0 aromatic rings. The number of cyclic esters (lactones) is 2. The van der Waals surface area contributed by atoms with Crippen molar-refractivity contribution in [2.24, 2.45) is 40.9 Å². The highest BCUT2D eigenvalue weighted by molar-refractivity contribution is 5.98. The summed E-state index contributed by atoms with van der Waals surface area (Å²) in [5, 5.41) is 0. The third kappa shape index (κ3) is 2.00. The van der Waals surface area contributed by atoms with Crippen LogP contribution in [-0.4, -0.2) is 11.9 Å². The van der Waals surface area contributed by atoms with Crippen molar-refractivity contribution in [1.29, 1.82) is 0 Å². The minimum Gasteiger partial charge on any atom is -0.393 e. The molecule has 3 aliphatic carbocycles. The van der Waals surface area contributed by atoms with E-state index in [4.69, 9.17) is 4.74 Å². The SMILES string of the molecule is C.C.CCCC1CC(C)C2C3CC(C12)C1(CC(=O)OC1=O)C3. The number of carbonyl (C=O) groups is 2. The Bertz CT molecular complexity index is 471. The van der Waals surface area contributed by atoms with Crippen LogP contribution in [0.5, 0.6) is 0 Å². The second-order valence-corrected chi connectivity index (χ2v) is 7.82. The van der Waals surface area contributed by atoms with E-state index in [-0.39, 0.29) is 26.8 Å². The van der Waals surface area contributed by atoms with E-state index in [0.29, 0.717) is 24.2 Å². The van der Waals surface area contributed by atoms with E-state index in [9.17, 15) is 9.59 Å². The molecule has 3 saturated carbocycles.